The number of hydrogen-bond donors (Lipinski definition) is 0. The Bertz CT molecular complexity index is 903. The molecule has 1 aliphatic heterocycles. The molecule has 0 spiro atoms. The minimum absolute atomic E-state index is 0.489. The van der Waals surface area contributed by atoms with E-state index in [1.165, 1.54) is 6.07 Å². The molecule has 28 heavy (non-hydrogen) atoms. The SMILES string of the molecule is FC(F)(F)c1ccc(N2CCN(Cc3nnc(-c4ccccc4)o3)CC2)nc1. The summed E-state index contributed by atoms with van der Waals surface area (Å²) in [5, 5.41) is 8.19. The van der Waals surface area contributed by atoms with E-state index in [4.69, 9.17) is 4.42 Å². The maximum Gasteiger partial charge on any atom is 0.417 e. The minimum Gasteiger partial charge on any atom is -0.419 e. The lowest BCUT2D eigenvalue weighted by molar-refractivity contribution is -0.137. The smallest absolute Gasteiger partial charge is 0.417 e. The molecule has 0 atom stereocenters. The highest BCUT2D eigenvalue weighted by Gasteiger charge is 2.31. The zero-order chi connectivity index (χ0) is 19.6. The Morgan fingerprint density at radius 2 is 1.68 bits per heavy atom. The Hall–Kier alpha value is -2.94. The van der Waals surface area contributed by atoms with Crippen LogP contribution in [0.1, 0.15) is 11.5 Å². The van der Waals surface area contributed by atoms with Gasteiger partial charge in [0.2, 0.25) is 11.8 Å². The molecular weight excluding hydrogens is 371 g/mol. The monoisotopic (exact) mass is 389 g/mol. The van der Waals surface area contributed by atoms with Gasteiger partial charge in [0, 0.05) is 37.9 Å². The predicted molar refractivity (Wildman–Crippen MR) is 96.5 cm³/mol. The van der Waals surface area contributed by atoms with E-state index in [-0.39, 0.29) is 0 Å². The van der Waals surface area contributed by atoms with Crippen LogP contribution in [0.3, 0.4) is 0 Å². The van der Waals surface area contributed by atoms with Crippen molar-refractivity contribution in [3.8, 4) is 11.5 Å². The van der Waals surface area contributed by atoms with E-state index in [9.17, 15) is 13.2 Å². The van der Waals surface area contributed by atoms with Gasteiger partial charge in [-0.05, 0) is 24.3 Å². The van der Waals surface area contributed by atoms with Crippen LogP contribution in [-0.4, -0.2) is 46.3 Å². The first-order chi connectivity index (χ1) is 13.5. The van der Waals surface area contributed by atoms with Crippen LogP contribution in [0.15, 0.2) is 53.1 Å². The molecule has 9 heteroatoms. The second kappa shape index (κ2) is 7.59. The van der Waals surface area contributed by atoms with Crippen molar-refractivity contribution >= 4 is 5.82 Å². The Balaban J connectivity index is 1.33. The predicted octanol–water partition coefficient (Wildman–Crippen LogP) is 3.47. The number of aromatic nitrogens is 3. The van der Waals surface area contributed by atoms with Gasteiger partial charge >= 0.3 is 6.18 Å². The van der Waals surface area contributed by atoms with Gasteiger partial charge in [-0.15, -0.1) is 10.2 Å². The van der Waals surface area contributed by atoms with Gasteiger partial charge in [0.1, 0.15) is 5.82 Å². The molecule has 1 aliphatic rings. The van der Waals surface area contributed by atoms with Gasteiger partial charge in [-0.3, -0.25) is 4.90 Å². The summed E-state index contributed by atoms with van der Waals surface area (Å²) in [6.45, 7) is 3.32. The fourth-order valence-electron chi connectivity index (χ4n) is 3.08. The Labute approximate surface area is 159 Å². The molecule has 6 nitrogen and oxygen atoms in total. The summed E-state index contributed by atoms with van der Waals surface area (Å²) < 4.78 is 43.7. The zero-order valence-electron chi connectivity index (χ0n) is 14.9. The summed E-state index contributed by atoms with van der Waals surface area (Å²) in [6.07, 6.45) is -3.49. The molecule has 4 rings (SSSR count). The molecule has 1 aromatic carbocycles. The van der Waals surface area contributed by atoms with E-state index in [2.05, 4.69) is 20.1 Å². The molecule has 1 saturated heterocycles. The van der Waals surface area contributed by atoms with E-state index in [0.29, 0.717) is 37.2 Å². The summed E-state index contributed by atoms with van der Waals surface area (Å²) in [6, 6.07) is 12.0. The van der Waals surface area contributed by atoms with Crippen LogP contribution in [0.25, 0.3) is 11.5 Å². The van der Waals surface area contributed by atoms with Crippen LogP contribution in [0.5, 0.6) is 0 Å². The molecule has 2 aromatic heterocycles. The normalized spacial score (nSPS) is 15.8. The van der Waals surface area contributed by atoms with Gasteiger partial charge in [-0.1, -0.05) is 18.2 Å². The van der Waals surface area contributed by atoms with Crippen LogP contribution in [0, 0.1) is 0 Å². The highest BCUT2D eigenvalue weighted by atomic mass is 19.4. The fraction of sp³-hybridized carbons (Fsp3) is 0.316. The van der Waals surface area contributed by atoms with E-state index in [1.807, 2.05) is 35.2 Å². The van der Waals surface area contributed by atoms with Gasteiger partial charge in [0.15, 0.2) is 0 Å². The lowest BCUT2D eigenvalue weighted by atomic mass is 10.2. The maximum absolute atomic E-state index is 12.6. The molecule has 0 N–H and O–H groups in total. The number of rotatable bonds is 4. The van der Waals surface area contributed by atoms with Gasteiger partial charge in [-0.25, -0.2) is 4.98 Å². The van der Waals surface area contributed by atoms with E-state index >= 15 is 0 Å². The van der Waals surface area contributed by atoms with Gasteiger partial charge in [-0.2, -0.15) is 13.2 Å². The number of hydrogen-bond acceptors (Lipinski definition) is 6. The lowest BCUT2D eigenvalue weighted by Crippen LogP contribution is -2.46. The standard InChI is InChI=1S/C19H18F3N5O/c20-19(21,22)15-6-7-16(23-12-15)27-10-8-26(9-11-27)13-17-24-25-18(28-17)14-4-2-1-3-5-14/h1-7,12H,8-11,13H2. The van der Waals surface area contributed by atoms with Crippen molar-refractivity contribution < 1.29 is 17.6 Å². The van der Waals surface area contributed by atoms with Crippen molar-refractivity contribution in [3.05, 3.63) is 60.1 Å². The van der Waals surface area contributed by atoms with E-state index in [1.54, 1.807) is 0 Å². The van der Waals surface area contributed by atoms with Gasteiger partial charge < -0.3 is 9.32 Å². The van der Waals surface area contributed by atoms with E-state index in [0.717, 1.165) is 30.9 Å². The number of anilines is 1. The molecule has 0 unspecified atom stereocenters. The highest BCUT2D eigenvalue weighted by molar-refractivity contribution is 5.51. The molecule has 3 aromatic rings. The van der Waals surface area contributed by atoms with Crippen molar-refractivity contribution in [1.82, 2.24) is 20.1 Å². The highest BCUT2D eigenvalue weighted by Crippen LogP contribution is 2.29. The molecule has 0 aliphatic carbocycles. The average molecular weight is 389 g/mol. The van der Waals surface area contributed by atoms with Crippen LogP contribution in [0.2, 0.25) is 0 Å². The molecular formula is C19H18F3N5O. The van der Waals surface area contributed by atoms with Crippen molar-refractivity contribution in [2.75, 3.05) is 31.1 Å². The van der Waals surface area contributed by atoms with Crippen molar-refractivity contribution in [3.63, 3.8) is 0 Å². The van der Waals surface area contributed by atoms with E-state index < -0.39 is 11.7 Å². The van der Waals surface area contributed by atoms with Crippen molar-refractivity contribution in [2.45, 2.75) is 12.7 Å². The first-order valence-corrected chi connectivity index (χ1v) is 8.87. The molecule has 0 saturated carbocycles. The third-order valence-corrected chi connectivity index (χ3v) is 4.62. The third kappa shape index (κ3) is 4.14. The second-order valence-corrected chi connectivity index (χ2v) is 6.53. The number of alkyl halides is 3. The van der Waals surface area contributed by atoms with Crippen LogP contribution in [0.4, 0.5) is 19.0 Å². The summed E-state index contributed by atoms with van der Waals surface area (Å²) in [4.78, 5) is 8.10. The first-order valence-electron chi connectivity index (χ1n) is 8.87. The molecule has 3 heterocycles. The molecule has 0 bridgehead atoms. The number of benzene rings is 1. The Morgan fingerprint density at radius 3 is 2.32 bits per heavy atom. The second-order valence-electron chi connectivity index (χ2n) is 6.53. The Kier molecular flexibility index (Phi) is 4.99. The number of piperazine rings is 1. The van der Waals surface area contributed by atoms with Crippen LogP contribution in [-0.2, 0) is 12.7 Å². The summed E-state index contributed by atoms with van der Waals surface area (Å²) >= 11 is 0. The summed E-state index contributed by atoms with van der Waals surface area (Å²) in [5.74, 6) is 1.58. The van der Waals surface area contributed by atoms with Crippen LogP contribution >= 0.6 is 0 Å². The number of pyridine rings is 1. The molecule has 1 fully saturated rings. The average Bonchev–Trinajstić information content (AvgIpc) is 3.17. The van der Waals surface area contributed by atoms with Crippen molar-refractivity contribution in [2.24, 2.45) is 0 Å². The zero-order valence-corrected chi connectivity index (χ0v) is 14.9. The largest absolute Gasteiger partial charge is 0.419 e. The minimum atomic E-state index is -4.37. The van der Waals surface area contributed by atoms with Gasteiger partial charge in [0.25, 0.3) is 0 Å². The van der Waals surface area contributed by atoms with Crippen LogP contribution < -0.4 is 4.90 Å². The topological polar surface area (TPSA) is 58.3 Å². The fourth-order valence-corrected chi connectivity index (χ4v) is 3.08. The number of halogens is 3. The molecule has 0 radical (unpaired) electrons. The van der Waals surface area contributed by atoms with Crippen molar-refractivity contribution in [1.29, 1.82) is 0 Å². The summed E-state index contributed by atoms with van der Waals surface area (Å²) in [7, 11) is 0. The Morgan fingerprint density at radius 1 is 0.929 bits per heavy atom. The third-order valence-electron chi connectivity index (χ3n) is 4.62. The quantitative estimate of drug-likeness (QED) is 0.681. The van der Waals surface area contributed by atoms with Gasteiger partial charge in [0.05, 0.1) is 12.1 Å². The first kappa shape index (κ1) is 18.4. The molecule has 0 amide bonds. The number of nitrogens with zero attached hydrogens (tertiary/aromatic N) is 5. The molecule has 146 valence electrons. The lowest BCUT2D eigenvalue weighted by Gasteiger charge is -2.34. The maximum atomic E-state index is 12.6. The summed E-state index contributed by atoms with van der Waals surface area (Å²) in [5.41, 5.74) is 0.139.